The summed E-state index contributed by atoms with van der Waals surface area (Å²) in [6.45, 7) is 0.0916. The third kappa shape index (κ3) is 4.50. The molecule has 0 spiro atoms. The molecule has 1 rings (SSSR count). The number of carbonyl (C=O) groups excluding carboxylic acids is 2. The number of hydrogen-bond acceptors (Lipinski definition) is 5. The molecule has 3 amide bonds. The van der Waals surface area contributed by atoms with Gasteiger partial charge >= 0.3 is 12.0 Å². The lowest BCUT2D eigenvalue weighted by Crippen LogP contribution is -2.42. The molecule has 0 saturated heterocycles. The summed E-state index contributed by atoms with van der Waals surface area (Å²) in [5, 5.41) is 13.2. The smallest absolute Gasteiger partial charge is 0.355 e. The Balaban J connectivity index is 2.45. The van der Waals surface area contributed by atoms with Crippen molar-refractivity contribution < 1.29 is 19.5 Å². The number of hydrogen-bond donors (Lipinski definition) is 2. The van der Waals surface area contributed by atoms with Gasteiger partial charge in [-0.25, -0.2) is 14.6 Å². The predicted octanol–water partition coefficient (Wildman–Crippen LogP) is 0.0709. The molecule has 0 radical (unpaired) electrons. The Kier molecular flexibility index (Phi) is 5.44. The molecular formula is C11H16N4O4S. The van der Waals surface area contributed by atoms with Crippen molar-refractivity contribution in [3.05, 3.63) is 16.1 Å². The van der Waals surface area contributed by atoms with E-state index in [-0.39, 0.29) is 24.7 Å². The fourth-order valence-electron chi connectivity index (χ4n) is 1.19. The van der Waals surface area contributed by atoms with E-state index in [1.807, 2.05) is 0 Å². The molecule has 8 nitrogen and oxygen atoms in total. The first-order chi connectivity index (χ1) is 9.31. The monoisotopic (exact) mass is 300 g/mol. The van der Waals surface area contributed by atoms with Gasteiger partial charge in [-0.2, -0.15) is 0 Å². The second-order valence-electron chi connectivity index (χ2n) is 4.23. The molecule has 1 heterocycles. The van der Waals surface area contributed by atoms with Crippen LogP contribution in [0.1, 0.15) is 15.5 Å². The van der Waals surface area contributed by atoms with Gasteiger partial charge in [0.25, 0.3) is 0 Å². The van der Waals surface area contributed by atoms with Crippen LogP contribution in [0.15, 0.2) is 5.38 Å². The van der Waals surface area contributed by atoms with Gasteiger partial charge in [0.15, 0.2) is 5.69 Å². The van der Waals surface area contributed by atoms with Gasteiger partial charge in [0.05, 0.1) is 6.54 Å². The van der Waals surface area contributed by atoms with Crippen LogP contribution < -0.4 is 5.32 Å². The highest BCUT2D eigenvalue weighted by Crippen LogP contribution is 2.09. The van der Waals surface area contributed by atoms with Gasteiger partial charge in [0, 0.05) is 26.5 Å². The molecule has 0 atom stereocenters. The second kappa shape index (κ2) is 6.85. The SMILES string of the molecule is CN(C)C(=O)CN(C)C(=O)NCc1nc(C(=O)O)cs1. The Hall–Kier alpha value is -2.16. The van der Waals surface area contributed by atoms with E-state index in [1.165, 1.54) is 22.2 Å². The minimum atomic E-state index is -1.10. The number of aromatic nitrogens is 1. The number of carboxylic acids is 1. The van der Waals surface area contributed by atoms with Crippen LogP contribution in [-0.2, 0) is 11.3 Å². The summed E-state index contributed by atoms with van der Waals surface area (Å²) >= 11 is 1.15. The lowest BCUT2D eigenvalue weighted by atomic mass is 10.5. The molecule has 0 aliphatic heterocycles. The summed E-state index contributed by atoms with van der Waals surface area (Å²) in [6, 6.07) is -0.424. The van der Waals surface area contributed by atoms with Crippen LogP contribution in [0.5, 0.6) is 0 Å². The summed E-state index contributed by atoms with van der Waals surface area (Å²) in [4.78, 5) is 40.3. The largest absolute Gasteiger partial charge is 0.476 e. The molecule has 0 fully saturated rings. The average Bonchev–Trinajstić information content (AvgIpc) is 2.84. The van der Waals surface area contributed by atoms with Gasteiger partial charge in [-0.15, -0.1) is 11.3 Å². The van der Waals surface area contributed by atoms with E-state index in [1.54, 1.807) is 14.1 Å². The number of carboxylic acid groups (broad SMARTS) is 1. The number of rotatable bonds is 5. The first-order valence-electron chi connectivity index (χ1n) is 5.68. The molecule has 20 heavy (non-hydrogen) atoms. The minimum absolute atomic E-state index is 0.0307. The molecule has 0 aliphatic rings. The maximum Gasteiger partial charge on any atom is 0.355 e. The molecule has 2 N–H and O–H groups in total. The molecular weight excluding hydrogens is 284 g/mol. The molecule has 9 heteroatoms. The number of urea groups is 1. The standard InChI is InChI=1S/C11H16N4O4S/c1-14(2)9(16)5-15(3)11(19)12-4-8-13-7(6-20-8)10(17)18/h6H,4-5H2,1-3H3,(H,12,19)(H,17,18). The highest BCUT2D eigenvalue weighted by Gasteiger charge is 2.15. The van der Waals surface area contributed by atoms with Crippen LogP contribution in [0, 0.1) is 0 Å². The van der Waals surface area contributed by atoms with Gasteiger partial charge in [-0.1, -0.05) is 0 Å². The number of aromatic carboxylic acids is 1. The maximum absolute atomic E-state index is 11.7. The van der Waals surface area contributed by atoms with Crippen LogP contribution in [0.25, 0.3) is 0 Å². The van der Waals surface area contributed by atoms with E-state index < -0.39 is 12.0 Å². The van der Waals surface area contributed by atoms with Crippen LogP contribution in [0.2, 0.25) is 0 Å². The topological polar surface area (TPSA) is 103 Å². The highest BCUT2D eigenvalue weighted by atomic mass is 32.1. The first-order valence-corrected chi connectivity index (χ1v) is 6.56. The summed E-state index contributed by atoms with van der Waals surface area (Å²) in [7, 11) is 4.72. The summed E-state index contributed by atoms with van der Waals surface area (Å²) in [5.41, 5.74) is -0.0459. The van der Waals surface area contributed by atoms with Gasteiger partial charge < -0.3 is 20.2 Å². The minimum Gasteiger partial charge on any atom is -0.476 e. The number of nitrogens with zero attached hydrogens (tertiary/aromatic N) is 3. The normalized spacial score (nSPS) is 9.95. The summed E-state index contributed by atoms with van der Waals surface area (Å²) in [5.74, 6) is -1.29. The van der Waals surface area contributed by atoms with Crippen molar-refractivity contribution in [2.24, 2.45) is 0 Å². The van der Waals surface area contributed by atoms with Crippen molar-refractivity contribution in [1.29, 1.82) is 0 Å². The Morgan fingerprint density at radius 3 is 2.50 bits per heavy atom. The molecule has 0 aromatic carbocycles. The average molecular weight is 300 g/mol. The number of carbonyl (C=O) groups is 3. The number of thiazole rings is 1. The zero-order valence-corrected chi connectivity index (χ0v) is 12.2. The number of nitrogens with one attached hydrogen (secondary N) is 1. The molecule has 110 valence electrons. The van der Waals surface area contributed by atoms with Crippen molar-refractivity contribution in [2.45, 2.75) is 6.54 Å². The van der Waals surface area contributed by atoms with Gasteiger partial charge in [-0.05, 0) is 0 Å². The zero-order chi connectivity index (χ0) is 15.3. The maximum atomic E-state index is 11.7. The van der Waals surface area contributed by atoms with Gasteiger partial charge in [-0.3, -0.25) is 4.79 Å². The van der Waals surface area contributed by atoms with Crippen LogP contribution in [0.3, 0.4) is 0 Å². The number of amides is 3. The van der Waals surface area contributed by atoms with Gasteiger partial charge in [0.2, 0.25) is 5.91 Å². The molecule has 0 bridgehead atoms. The van der Waals surface area contributed by atoms with E-state index in [0.29, 0.717) is 5.01 Å². The van der Waals surface area contributed by atoms with E-state index >= 15 is 0 Å². The van der Waals surface area contributed by atoms with E-state index in [0.717, 1.165) is 11.3 Å². The Bertz CT molecular complexity index is 514. The fraction of sp³-hybridized carbons (Fsp3) is 0.455. The lowest BCUT2D eigenvalue weighted by Gasteiger charge is -2.19. The fourth-order valence-corrected chi connectivity index (χ4v) is 1.90. The summed E-state index contributed by atoms with van der Waals surface area (Å²) in [6.07, 6.45) is 0. The Morgan fingerprint density at radius 2 is 2.00 bits per heavy atom. The van der Waals surface area contributed by atoms with Crippen molar-refractivity contribution >= 4 is 29.2 Å². The highest BCUT2D eigenvalue weighted by molar-refractivity contribution is 7.09. The Morgan fingerprint density at radius 1 is 1.35 bits per heavy atom. The van der Waals surface area contributed by atoms with Gasteiger partial charge in [0.1, 0.15) is 11.6 Å². The van der Waals surface area contributed by atoms with Crippen LogP contribution >= 0.6 is 11.3 Å². The molecule has 1 aromatic rings. The summed E-state index contributed by atoms with van der Waals surface area (Å²) < 4.78 is 0. The predicted molar refractivity (Wildman–Crippen MR) is 72.6 cm³/mol. The van der Waals surface area contributed by atoms with Crippen molar-refractivity contribution in [3.8, 4) is 0 Å². The van der Waals surface area contributed by atoms with Crippen molar-refractivity contribution in [2.75, 3.05) is 27.7 Å². The van der Waals surface area contributed by atoms with E-state index in [4.69, 9.17) is 5.11 Å². The molecule has 0 saturated carbocycles. The lowest BCUT2D eigenvalue weighted by molar-refractivity contribution is -0.129. The van der Waals surface area contributed by atoms with E-state index in [2.05, 4.69) is 10.3 Å². The molecule has 0 unspecified atom stereocenters. The molecule has 1 aromatic heterocycles. The van der Waals surface area contributed by atoms with Crippen molar-refractivity contribution in [1.82, 2.24) is 20.1 Å². The second-order valence-corrected chi connectivity index (χ2v) is 5.18. The zero-order valence-electron chi connectivity index (χ0n) is 11.4. The van der Waals surface area contributed by atoms with E-state index in [9.17, 15) is 14.4 Å². The Labute approximate surface area is 120 Å². The third-order valence-corrected chi connectivity index (χ3v) is 3.23. The van der Waals surface area contributed by atoms with Crippen molar-refractivity contribution in [3.63, 3.8) is 0 Å². The third-order valence-electron chi connectivity index (χ3n) is 2.38. The first kappa shape index (κ1) is 15.9. The molecule has 0 aliphatic carbocycles. The quantitative estimate of drug-likeness (QED) is 0.801. The van der Waals surface area contributed by atoms with Crippen LogP contribution in [-0.4, -0.2) is 65.5 Å². The van der Waals surface area contributed by atoms with Crippen LogP contribution in [0.4, 0.5) is 4.79 Å². The number of likely N-dealkylation sites (N-methyl/N-ethyl adjacent to an activating group) is 2.